The minimum Gasteiger partial charge on any atom is -0.493 e. The van der Waals surface area contributed by atoms with E-state index < -0.39 is 28.5 Å². The molecular formula is C31H39NO10. The van der Waals surface area contributed by atoms with E-state index in [1.807, 2.05) is 13.0 Å². The molecule has 2 saturated carbocycles. The zero-order chi connectivity index (χ0) is 30.8. The number of nitrogens with zero attached hydrogens (tertiary/aromatic N) is 1. The second-order valence-corrected chi connectivity index (χ2v) is 11.9. The Labute approximate surface area is 245 Å². The predicted molar refractivity (Wildman–Crippen MR) is 151 cm³/mol. The number of allylic oxidation sites excluding steroid dienone is 2. The molecule has 42 heavy (non-hydrogen) atoms. The summed E-state index contributed by atoms with van der Waals surface area (Å²) in [5.41, 5.74) is 0.438. The molecule has 1 aromatic carbocycles. The fourth-order valence-electron chi connectivity index (χ4n) is 7.28. The number of methoxy groups -OCH3 is 1. The van der Waals surface area contributed by atoms with Gasteiger partial charge in [0.1, 0.15) is 19.3 Å². The Morgan fingerprint density at radius 2 is 1.93 bits per heavy atom. The summed E-state index contributed by atoms with van der Waals surface area (Å²) >= 11 is 0. The Kier molecular flexibility index (Phi) is 8.98. The smallest absolute Gasteiger partial charge is 0.337 e. The number of hydrogen-bond acceptors (Lipinski definition) is 10. The zero-order valence-corrected chi connectivity index (χ0v) is 24.8. The SMILES string of the molecule is C=C1CC[C@H]2[C@@](C)(CCC(OC(C)=O)[C@@]2(C)COC(C)=O)C1C/C=C1/C(=O)OC[C@H]1Oc1ccc([N+](=O)[O-])cc1OC. The van der Waals surface area contributed by atoms with Crippen molar-refractivity contribution in [3.63, 3.8) is 0 Å². The highest BCUT2D eigenvalue weighted by Crippen LogP contribution is 2.62. The van der Waals surface area contributed by atoms with Crippen LogP contribution in [0, 0.1) is 32.8 Å². The first-order valence-corrected chi connectivity index (χ1v) is 14.1. The standard InChI is InChI=1S/C31H39NO10/c1-18-7-12-27-30(4,14-13-28(41-20(3)34)31(27,5)17-40-19(2)33)23(18)10-9-22-26(16-39-29(22)35)42-24-11-8-21(32(36)37)15-25(24)38-6/h8-9,11,15,23,26-28H,1,7,10,12-14,16-17H2,2-6H3/b22-9+/t23?,26-,27+,28?,30+,31+/m1/s1. The van der Waals surface area contributed by atoms with Crippen LogP contribution in [0.5, 0.6) is 11.5 Å². The van der Waals surface area contributed by atoms with Crippen LogP contribution in [0.1, 0.15) is 59.8 Å². The maximum Gasteiger partial charge on any atom is 0.337 e. The third-order valence-electron chi connectivity index (χ3n) is 9.36. The van der Waals surface area contributed by atoms with Gasteiger partial charge < -0.3 is 23.7 Å². The van der Waals surface area contributed by atoms with Crippen LogP contribution in [0.3, 0.4) is 0 Å². The molecule has 0 amide bonds. The van der Waals surface area contributed by atoms with E-state index in [1.165, 1.54) is 39.2 Å². The van der Waals surface area contributed by atoms with Crippen molar-refractivity contribution in [3.05, 3.63) is 52.1 Å². The van der Waals surface area contributed by atoms with E-state index in [-0.39, 0.29) is 59.6 Å². The maximum atomic E-state index is 12.8. The number of hydrogen-bond donors (Lipinski definition) is 0. The van der Waals surface area contributed by atoms with Gasteiger partial charge in [0.25, 0.3) is 5.69 Å². The van der Waals surface area contributed by atoms with Gasteiger partial charge in [0.05, 0.1) is 23.7 Å². The first kappa shape index (κ1) is 31.1. The van der Waals surface area contributed by atoms with Crippen molar-refractivity contribution in [2.75, 3.05) is 20.3 Å². The Balaban J connectivity index is 1.60. The number of nitro benzene ring substituents is 1. The molecule has 11 nitrogen and oxygen atoms in total. The predicted octanol–water partition coefficient (Wildman–Crippen LogP) is 5.11. The lowest BCUT2D eigenvalue weighted by atomic mass is 9.46. The molecule has 1 heterocycles. The first-order valence-electron chi connectivity index (χ1n) is 14.1. The molecule has 228 valence electrons. The molecule has 11 heteroatoms. The normalized spacial score (nSPS) is 31.6. The zero-order valence-electron chi connectivity index (χ0n) is 24.8. The molecule has 1 saturated heterocycles. The molecule has 0 N–H and O–H groups in total. The van der Waals surface area contributed by atoms with E-state index in [1.54, 1.807) is 0 Å². The third kappa shape index (κ3) is 6.00. The highest BCUT2D eigenvalue weighted by Gasteiger charge is 2.59. The van der Waals surface area contributed by atoms with Crippen molar-refractivity contribution < 1.29 is 43.0 Å². The van der Waals surface area contributed by atoms with Gasteiger partial charge in [-0.25, -0.2) is 4.79 Å². The van der Waals surface area contributed by atoms with Crippen molar-refractivity contribution in [1.29, 1.82) is 0 Å². The Bertz CT molecular complexity index is 1300. The first-order chi connectivity index (χ1) is 19.8. The number of ether oxygens (including phenoxy) is 5. The third-order valence-corrected chi connectivity index (χ3v) is 9.36. The molecule has 4 rings (SSSR count). The topological polar surface area (TPSA) is 140 Å². The van der Waals surface area contributed by atoms with Crippen LogP contribution >= 0.6 is 0 Å². The molecule has 1 aliphatic heterocycles. The molecule has 0 radical (unpaired) electrons. The monoisotopic (exact) mass is 585 g/mol. The Morgan fingerprint density at radius 1 is 1.19 bits per heavy atom. The van der Waals surface area contributed by atoms with Gasteiger partial charge in [-0.05, 0) is 55.4 Å². The number of fused-ring (bicyclic) bond motifs is 1. The van der Waals surface area contributed by atoms with E-state index >= 15 is 0 Å². The van der Waals surface area contributed by atoms with Gasteiger partial charge in [-0.1, -0.05) is 32.1 Å². The number of esters is 3. The van der Waals surface area contributed by atoms with Crippen molar-refractivity contribution in [2.45, 2.75) is 72.0 Å². The summed E-state index contributed by atoms with van der Waals surface area (Å²) in [5, 5.41) is 11.2. The van der Waals surface area contributed by atoms with Gasteiger partial charge in [0.2, 0.25) is 0 Å². The summed E-state index contributed by atoms with van der Waals surface area (Å²) in [6, 6.07) is 4.02. The van der Waals surface area contributed by atoms with Crippen molar-refractivity contribution in [2.24, 2.45) is 22.7 Å². The molecule has 3 fully saturated rings. The molecule has 3 aliphatic rings. The van der Waals surface area contributed by atoms with Crippen LogP contribution in [0.2, 0.25) is 0 Å². The molecular weight excluding hydrogens is 546 g/mol. The quantitative estimate of drug-likeness (QED) is 0.0959. The molecule has 0 bridgehead atoms. The average molecular weight is 586 g/mol. The maximum absolute atomic E-state index is 12.8. The Hall–Kier alpha value is -3.89. The molecule has 2 aliphatic carbocycles. The van der Waals surface area contributed by atoms with Crippen LogP contribution < -0.4 is 9.47 Å². The highest BCUT2D eigenvalue weighted by molar-refractivity contribution is 5.91. The second-order valence-electron chi connectivity index (χ2n) is 11.9. The summed E-state index contributed by atoms with van der Waals surface area (Å²) in [7, 11) is 1.39. The van der Waals surface area contributed by atoms with E-state index in [0.717, 1.165) is 24.8 Å². The fraction of sp³-hybridized carbons (Fsp3) is 0.581. The molecule has 1 aromatic rings. The van der Waals surface area contributed by atoms with Gasteiger partial charge in [-0.3, -0.25) is 19.7 Å². The minimum absolute atomic E-state index is 0.000829. The van der Waals surface area contributed by atoms with Gasteiger partial charge in [0.15, 0.2) is 17.6 Å². The largest absolute Gasteiger partial charge is 0.493 e. The van der Waals surface area contributed by atoms with Crippen molar-refractivity contribution >= 4 is 23.6 Å². The molecule has 0 spiro atoms. The number of carbonyl (C=O) groups is 3. The summed E-state index contributed by atoms with van der Waals surface area (Å²) in [6.07, 6.45) is 4.19. The van der Waals surface area contributed by atoms with Crippen LogP contribution in [-0.4, -0.2) is 55.4 Å². The van der Waals surface area contributed by atoms with E-state index in [2.05, 4.69) is 13.5 Å². The molecule has 0 aromatic heterocycles. The second kappa shape index (κ2) is 12.1. The van der Waals surface area contributed by atoms with Crippen LogP contribution in [0.15, 0.2) is 42.0 Å². The van der Waals surface area contributed by atoms with Gasteiger partial charge in [-0.2, -0.15) is 0 Å². The summed E-state index contributed by atoms with van der Waals surface area (Å²) in [4.78, 5) is 47.2. The molecule has 6 atom stereocenters. The lowest BCUT2D eigenvalue weighted by molar-refractivity contribution is -0.385. The van der Waals surface area contributed by atoms with Gasteiger partial charge in [-0.15, -0.1) is 0 Å². The molecule has 2 unspecified atom stereocenters. The number of rotatable bonds is 9. The number of non-ortho nitro benzene ring substituents is 1. The lowest BCUT2D eigenvalue weighted by Gasteiger charge is -2.60. The van der Waals surface area contributed by atoms with Gasteiger partial charge >= 0.3 is 17.9 Å². The highest BCUT2D eigenvalue weighted by atomic mass is 16.6. The van der Waals surface area contributed by atoms with Crippen LogP contribution in [-0.2, 0) is 28.6 Å². The number of cyclic esters (lactones) is 1. The van der Waals surface area contributed by atoms with Crippen LogP contribution in [0.4, 0.5) is 5.69 Å². The van der Waals surface area contributed by atoms with Crippen molar-refractivity contribution in [3.8, 4) is 11.5 Å². The van der Waals surface area contributed by atoms with Crippen LogP contribution in [0.25, 0.3) is 0 Å². The van der Waals surface area contributed by atoms with Gasteiger partial charge in [0, 0.05) is 25.3 Å². The summed E-state index contributed by atoms with van der Waals surface area (Å²) in [5.74, 6) is -0.740. The average Bonchev–Trinajstić information content (AvgIpc) is 3.27. The number of nitro groups is 1. The summed E-state index contributed by atoms with van der Waals surface area (Å²) < 4.78 is 28.0. The lowest BCUT2D eigenvalue weighted by Crippen LogP contribution is -2.58. The van der Waals surface area contributed by atoms with E-state index in [4.69, 9.17) is 23.7 Å². The number of benzene rings is 1. The van der Waals surface area contributed by atoms with Crippen molar-refractivity contribution in [1.82, 2.24) is 0 Å². The van der Waals surface area contributed by atoms with E-state index in [9.17, 15) is 24.5 Å². The summed E-state index contributed by atoms with van der Waals surface area (Å²) in [6.45, 7) is 11.5. The Morgan fingerprint density at radius 3 is 2.57 bits per heavy atom. The van der Waals surface area contributed by atoms with E-state index in [0.29, 0.717) is 18.4 Å². The fourth-order valence-corrected chi connectivity index (χ4v) is 7.28. The number of carbonyl (C=O) groups excluding carboxylic acids is 3. The minimum atomic E-state index is -0.720.